The first-order valence-electron chi connectivity index (χ1n) is 12.3. The van der Waals surface area contributed by atoms with Gasteiger partial charge in [0.1, 0.15) is 5.82 Å². The molecule has 7 heteroatoms. The van der Waals surface area contributed by atoms with Gasteiger partial charge in [0.05, 0.1) is 12.1 Å². The van der Waals surface area contributed by atoms with E-state index in [2.05, 4.69) is 20.6 Å². The Kier molecular flexibility index (Phi) is 9.76. The molecule has 34 heavy (non-hydrogen) atoms. The van der Waals surface area contributed by atoms with Crippen LogP contribution in [0.25, 0.3) is 10.9 Å². The van der Waals surface area contributed by atoms with Crippen LogP contribution in [0.15, 0.2) is 42.5 Å². The van der Waals surface area contributed by atoms with Gasteiger partial charge < -0.3 is 25.4 Å². The largest absolute Gasteiger partial charge is 0.504 e. The first kappa shape index (κ1) is 25.6. The maximum atomic E-state index is 10.1. The van der Waals surface area contributed by atoms with Crippen LogP contribution in [-0.4, -0.2) is 49.4 Å². The molecule has 1 aromatic heterocycles. The van der Waals surface area contributed by atoms with E-state index in [4.69, 9.17) is 4.74 Å². The molecule has 1 heterocycles. The minimum atomic E-state index is 0.278. The third-order valence-corrected chi connectivity index (χ3v) is 6.09. The molecule has 2 aromatic carbocycles. The Balaban J connectivity index is 0.000000196. The third-order valence-electron chi connectivity index (χ3n) is 6.09. The molecule has 1 fully saturated rings. The van der Waals surface area contributed by atoms with Crippen molar-refractivity contribution in [2.45, 2.75) is 45.6 Å². The lowest BCUT2D eigenvalue weighted by Gasteiger charge is -2.22. The summed E-state index contributed by atoms with van der Waals surface area (Å²) in [6.45, 7) is 4.27. The minimum absolute atomic E-state index is 0.278. The van der Waals surface area contributed by atoms with Crippen molar-refractivity contribution < 1.29 is 9.84 Å². The number of aromatic hydroxyl groups is 1. The van der Waals surface area contributed by atoms with Crippen LogP contribution in [0.1, 0.15) is 44.6 Å². The lowest BCUT2D eigenvalue weighted by atomic mass is 9.89. The van der Waals surface area contributed by atoms with Crippen LogP contribution in [-0.2, 0) is 6.54 Å². The van der Waals surface area contributed by atoms with Crippen LogP contribution in [0, 0.1) is 5.92 Å². The highest BCUT2D eigenvalue weighted by Crippen LogP contribution is 2.30. The Morgan fingerprint density at radius 1 is 1.03 bits per heavy atom. The number of hydrogen-bond donors (Lipinski definition) is 3. The fourth-order valence-corrected chi connectivity index (χ4v) is 4.30. The van der Waals surface area contributed by atoms with Crippen LogP contribution < -0.4 is 20.3 Å². The average molecular weight is 466 g/mol. The van der Waals surface area contributed by atoms with E-state index >= 15 is 0 Å². The second kappa shape index (κ2) is 13.0. The van der Waals surface area contributed by atoms with Crippen molar-refractivity contribution in [3.05, 3.63) is 48.0 Å². The SMILES string of the molecule is CCOc1cccc(CNCC2CCCCC2)c1O.CNc1nc(N(C)C)c2ccccc2n1. The van der Waals surface area contributed by atoms with Crippen molar-refractivity contribution in [1.82, 2.24) is 15.3 Å². The highest BCUT2D eigenvalue weighted by atomic mass is 16.5. The highest BCUT2D eigenvalue weighted by Gasteiger charge is 2.13. The van der Waals surface area contributed by atoms with Crippen LogP contribution >= 0.6 is 0 Å². The lowest BCUT2D eigenvalue weighted by Crippen LogP contribution is -2.24. The normalized spacial score (nSPS) is 13.8. The van der Waals surface area contributed by atoms with E-state index in [1.807, 2.05) is 75.4 Å². The minimum Gasteiger partial charge on any atom is -0.504 e. The molecule has 0 atom stereocenters. The van der Waals surface area contributed by atoms with Gasteiger partial charge in [-0.05, 0) is 50.4 Å². The predicted octanol–water partition coefficient (Wildman–Crippen LogP) is 5.20. The van der Waals surface area contributed by atoms with E-state index in [9.17, 15) is 5.11 Å². The second-order valence-electron chi connectivity index (χ2n) is 8.86. The molecule has 0 spiro atoms. The number of phenols is 1. The molecule has 0 unspecified atom stereocenters. The number of fused-ring (bicyclic) bond motifs is 1. The fourth-order valence-electron chi connectivity index (χ4n) is 4.30. The van der Waals surface area contributed by atoms with Crippen LogP contribution in [0.4, 0.5) is 11.8 Å². The molecule has 1 aliphatic rings. The second-order valence-corrected chi connectivity index (χ2v) is 8.86. The van der Waals surface area contributed by atoms with E-state index in [1.165, 1.54) is 32.1 Å². The summed E-state index contributed by atoms with van der Waals surface area (Å²) >= 11 is 0. The number of hydrogen-bond acceptors (Lipinski definition) is 7. The Morgan fingerprint density at radius 2 is 1.79 bits per heavy atom. The molecule has 3 N–H and O–H groups in total. The van der Waals surface area contributed by atoms with Crippen molar-refractivity contribution in [3.63, 3.8) is 0 Å². The summed E-state index contributed by atoms with van der Waals surface area (Å²) in [5.41, 5.74) is 1.88. The Bertz CT molecular complexity index is 1030. The average Bonchev–Trinajstić information content (AvgIpc) is 2.86. The molecule has 7 nitrogen and oxygen atoms in total. The smallest absolute Gasteiger partial charge is 0.224 e. The van der Waals surface area contributed by atoms with Gasteiger partial charge >= 0.3 is 0 Å². The standard InChI is InChI=1S/C16H25NO2.C11H14N4/c1-2-19-15-10-6-9-14(16(15)18)12-17-11-13-7-4-3-5-8-13;1-12-11-13-9-7-5-4-6-8(9)10(14-11)15(2)3/h6,9-10,13,17-18H,2-5,7-8,11-12H2,1H3;4-7H,1-3H3,(H,12,13,14). The van der Waals surface area contributed by atoms with E-state index in [0.717, 1.165) is 34.7 Å². The maximum Gasteiger partial charge on any atom is 0.224 e. The molecule has 0 amide bonds. The first-order valence-corrected chi connectivity index (χ1v) is 12.3. The molecule has 1 saturated carbocycles. The summed E-state index contributed by atoms with van der Waals surface area (Å²) < 4.78 is 5.40. The number of benzene rings is 2. The van der Waals surface area contributed by atoms with Gasteiger partial charge in [0, 0.05) is 38.6 Å². The fraction of sp³-hybridized carbons (Fsp3) is 0.481. The molecule has 0 radical (unpaired) electrons. The highest BCUT2D eigenvalue weighted by molar-refractivity contribution is 5.90. The molecule has 0 saturated heterocycles. The third kappa shape index (κ3) is 6.97. The Labute approximate surface area is 203 Å². The van der Waals surface area contributed by atoms with Crippen molar-refractivity contribution in [3.8, 4) is 11.5 Å². The summed E-state index contributed by atoms with van der Waals surface area (Å²) in [7, 11) is 5.78. The van der Waals surface area contributed by atoms with E-state index < -0.39 is 0 Å². The van der Waals surface area contributed by atoms with Gasteiger partial charge in [0.15, 0.2) is 11.5 Å². The number of anilines is 2. The molecule has 4 rings (SSSR count). The molecule has 1 aliphatic carbocycles. The van der Waals surface area contributed by atoms with Gasteiger partial charge in [-0.15, -0.1) is 0 Å². The van der Waals surface area contributed by atoms with E-state index in [-0.39, 0.29) is 5.75 Å². The van der Waals surface area contributed by atoms with Gasteiger partial charge in [-0.3, -0.25) is 0 Å². The zero-order valence-electron chi connectivity index (χ0n) is 21.0. The molecular formula is C27H39N5O2. The van der Waals surface area contributed by atoms with E-state index in [1.54, 1.807) is 0 Å². The summed E-state index contributed by atoms with van der Waals surface area (Å²) in [4.78, 5) is 10.8. The summed E-state index contributed by atoms with van der Waals surface area (Å²) in [5, 5.41) is 17.6. The van der Waals surface area contributed by atoms with Crippen molar-refractivity contribution in [1.29, 1.82) is 0 Å². The Hall–Kier alpha value is -3.06. The van der Waals surface area contributed by atoms with Crippen LogP contribution in [0.3, 0.4) is 0 Å². The molecule has 0 bridgehead atoms. The number of nitrogens with one attached hydrogen (secondary N) is 2. The van der Waals surface area contributed by atoms with E-state index in [0.29, 0.717) is 24.8 Å². The zero-order chi connectivity index (χ0) is 24.3. The topological polar surface area (TPSA) is 82.5 Å². The first-order chi connectivity index (χ1) is 16.5. The zero-order valence-corrected chi connectivity index (χ0v) is 21.0. The Morgan fingerprint density at radius 3 is 2.50 bits per heavy atom. The summed E-state index contributed by atoms with van der Waals surface area (Å²) in [6, 6.07) is 13.7. The van der Waals surface area contributed by atoms with Crippen molar-refractivity contribution in [2.24, 2.45) is 5.92 Å². The number of phenolic OH excluding ortho intramolecular Hbond substituents is 1. The van der Waals surface area contributed by atoms with Gasteiger partial charge in [0.2, 0.25) is 5.95 Å². The molecule has 3 aromatic rings. The number of aromatic nitrogens is 2. The van der Waals surface area contributed by atoms with Gasteiger partial charge in [-0.25, -0.2) is 4.98 Å². The van der Waals surface area contributed by atoms with Gasteiger partial charge in [-0.1, -0.05) is 43.5 Å². The number of ether oxygens (including phenoxy) is 1. The quantitative estimate of drug-likeness (QED) is 0.422. The maximum absolute atomic E-state index is 10.1. The predicted molar refractivity (Wildman–Crippen MR) is 141 cm³/mol. The van der Waals surface area contributed by atoms with Crippen LogP contribution in [0.5, 0.6) is 11.5 Å². The monoisotopic (exact) mass is 465 g/mol. The number of nitrogens with zero attached hydrogens (tertiary/aromatic N) is 3. The molecule has 0 aliphatic heterocycles. The molecular weight excluding hydrogens is 426 g/mol. The van der Waals surface area contributed by atoms with Crippen molar-refractivity contribution >= 4 is 22.7 Å². The number of rotatable bonds is 8. The van der Waals surface area contributed by atoms with Gasteiger partial charge in [-0.2, -0.15) is 4.98 Å². The molecule has 184 valence electrons. The number of para-hydroxylation sites is 2. The summed E-state index contributed by atoms with van der Waals surface area (Å²) in [6.07, 6.45) is 6.83. The lowest BCUT2D eigenvalue weighted by molar-refractivity contribution is 0.315. The van der Waals surface area contributed by atoms with Crippen LogP contribution in [0.2, 0.25) is 0 Å². The summed E-state index contributed by atoms with van der Waals surface area (Å²) in [5.74, 6) is 3.26. The van der Waals surface area contributed by atoms with Gasteiger partial charge in [0.25, 0.3) is 0 Å². The van der Waals surface area contributed by atoms with Crippen molar-refractivity contribution in [2.75, 3.05) is 44.5 Å².